The van der Waals surface area contributed by atoms with Crippen LogP contribution in [0.4, 0.5) is 29.5 Å². The Morgan fingerprint density at radius 1 is 1.05 bits per heavy atom. The second kappa shape index (κ2) is 12.1. The van der Waals surface area contributed by atoms with E-state index in [9.17, 15) is 22.8 Å². The summed E-state index contributed by atoms with van der Waals surface area (Å²) < 4.78 is 57.5. The van der Waals surface area contributed by atoms with E-state index in [1.807, 2.05) is 10.8 Å². The normalized spacial score (nSPS) is 11.7. The molecule has 0 radical (unpaired) electrons. The molecular formula is C28H27ClF3N5O5. The van der Waals surface area contributed by atoms with Crippen LogP contribution < -0.4 is 15.4 Å². The van der Waals surface area contributed by atoms with Crippen LogP contribution in [0.3, 0.4) is 0 Å². The first-order valence-electron chi connectivity index (χ1n) is 12.6. The highest BCUT2D eigenvalue weighted by Gasteiger charge is 2.32. The van der Waals surface area contributed by atoms with Crippen LogP contribution in [-0.4, -0.2) is 45.9 Å². The Labute approximate surface area is 243 Å². The summed E-state index contributed by atoms with van der Waals surface area (Å²) in [5.74, 6) is -0.685. The summed E-state index contributed by atoms with van der Waals surface area (Å²) >= 11 is 6.41. The lowest BCUT2D eigenvalue weighted by atomic mass is 10.1. The Kier molecular flexibility index (Phi) is 8.81. The number of fused-ring (bicyclic) bond motifs is 1. The van der Waals surface area contributed by atoms with Gasteiger partial charge in [-0.2, -0.15) is 13.2 Å². The van der Waals surface area contributed by atoms with E-state index in [1.54, 1.807) is 32.9 Å². The molecule has 0 aliphatic heterocycles. The number of esters is 1. The summed E-state index contributed by atoms with van der Waals surface area (Å²) in [6.07, 6.45) is -2.05. The Morgan fingerprint density at radius 3 is 2.48 bits per heavy atom. The first-order valence-corrected chi connectivity index (χ1v) is 12.9. The third kappa shape index (κ3) is 7.60. The predicted octanol–water partition coefficient (Wildman–Crippen LogP) is 6.95. The minimum absolute atomic E-state index is 0.0572. The number of methoxy groups -OCH3 is 1. The number of alkyl halides is 3. The Bertz CT molecular complexity index is 1620. The number of halogens is 4. The smallest absolute Gasteiger partial charge is 0.416 e. The van der Waals surface area contributed by atoms with E-state index < -0.39 is 29.4 Å². The molecule has 2 N–H and O–H groups in total. The SMILES string of the molecule is COC(=O)c1cc(Oc2ccc(Nc3ncnc4ccn(CCNC(=O)OC(C)(C)C)c34)cc2Cl)cc(C(F)(F)F)c1. The van der Waals surface area contributed by atoms with Gasteiger partial charge in [0.15, 0.2) is 5.82 Å². The van der Waals surface area contributed by atoms with Crippen LogP contribution in [-0.2, 0) is 22.2 Å². The molecule has 0 fully saturated rings. The summed E-state index contributed by atoms with van der Waals surface area (Å²) in [6.45, 7) is 6.02. The fourth-order valence-electron chi connectivity index (χ4n) is 3.89. The van der Waals surface area contributed by atoms with Gasteiger partial charge in [-0.05, 0) is 63.2 Å². The van der Waals surface area contributed by atoms with E-state index >= 15 is 0 Å². The number of ether oxygens (including phenoxy) is 3. The molecule has 0 saturated carbocycles. The van der Waals surface area contributed by atoms with Crippen LogP contribution in [0.2, 0.25) is 5.02 Å². The third-order valence-electron chi connectivity index (χ3n) is 5.65. The van der Waals surface area contributed by atoms with E-state index in [1.165, 1.54) is 18.5 Å². The van der Waals surface area contributed by atoms with E-state index in [0.29, 0.717) is 35.1 Å². The Morgan fingerprint density at radius 2 is 1.81 bits per heavy atom. The minimum atomic E-state index is -4.72. The molecule has 0 aliphatic rings. The van der Waals surface area contributed by atoms with E-state index in [4.69, 9.17) is 21.1 Å². The van der Waals surface area contributed by atoms with Crippen LogP contribution in [0.25, 0.3) is 11.0 Å². The number of anilines is 2. The molecule has 2 aromatic carbocycles. The summed E-state index contributed by atoms with van der Waals surface area (Å²) in [5, 5.41) is 5.95. The van der Waals surface area contributed by atoms with Crippen molar-refractivity contribution in [2.24, 2.45) is 0 Å². The predicted molar refractivity (Wildman–Crippen MR) is 149 cm³/mol. The van der Waals surface area contributed by atoms with Crippen LogP contribution in [0.5, 0.6) is 11.5 Å². The van der Waals surface area contributed by atoms with Gasteiger partial charge in [-0.25, -0.2) is 19.6 Å². The van der Waals surface area contributed by atoms with Crippen LogP contribution >= 0.6 is 11.6 Å². The zero-order chi connectivity index (χ0) is 30.7. The fraction of sp³-hybridized carbons (Fsp3) is 0.286. The largest absolute Gasteiger partial charge is 0.465 e. The fourth-order valence-corrected chi connectivity index (χ4v) is 4.10. The number of alkyl carbamates (subject to hydrolysis) is 1. The monoisotopic (exact) mass is 605 g/mol. The standard InChI is InChI=1S/C28H27ClF3N5O5/c1-27(2,3)42-26(39)33-8-10-37-9-7-21-23(37)24(35-15-34-21)36-18-5-6-22(20(29)14-18)41-19-12-16(25(38)40-4)11-17(13-19)28(30,31)32/h5-7,9,11-15H,8,10H2,1-4H3,(H,33,39)(H,34,35,36). The van der Waals surface area contributed by atoms with Crippen molar-refractivity contribution >= 4 is 46.2 Å². The number of aromatic nitrogens is 3. The number of carbonyl (C=O) groups excluding carboxylic acids is 2. The van der Waals surface area contributed by atoms with E-state index in [2.05, 4.69) is 25.3 Å². The molecule has 10 nitrogen and oxygen atoms in total. The summed E-state index contributed by atoms with van der Waals surface area (Å²) in [4.78, 5) is 32.5. The molecular weight excluding hydrogens is 579 g/mol. The van der Waals surface area contributed by atoms with Gasteiger partial charge in [0.05, 0.1) is 28.8 Å². The number of hydrogen-bond acceptors (Lipinski definition) is 8. The quantitative estimate of drug-likeness (QED) is 0.207. The number of carbonyl (C=O) groups is 2. The minimum Gasteiger partial charge on any atom is -0.465 e. The van der Waals surface area contributed by atoms with Crippen molar-refractivity contribution in [3.05, 3.63) is 71.1 Å². The maximum atomic E-state index is 13.4. The van der Waals surface area contributed by atoms with Gasteiger partial charge in [0.2, 0.25) is 0 Å². The van der Waals surface area contributed by atoms with Gasteiger partial charge >= 0.3 is 18.2 Å². The molecule has 0 aliphatic carbocycles. The van der Waals surface area contributed by atoms with Crippen LogP contribution in [0, 0.1) is 0 Å². The van der Waals surface area contributed by atoms with Crippen LogP contribution in [0.15, 0.2) is 55.0 Å². The molecule has 0 bridgehead atoms. The van der Waals surface area contributed by atoms with Crippen molar-refractivity contribution < 1.29 is 37.0 Å². The summed E-state index contributed by atoms with van der Waals surface area (Å²) in [5.41, 5.74) is -0.191. The van der Waals surface area contributed by atoms with Gasteiger partial charge < -0.3 is 29.4 Å². The van der Waals surface area contributed by atoms with E-state index in [-0.39, 0.29) is 28.6 Å². The molecule has 0 saturated heterocycles. The molecule has 2 heterocycles. The molecule has 2 aromatic heterocycles. The molecule has 0 spiro atoms. The van der Waals surface area contributed by atoms with Gasteiger partial charge in [0.25, 0.3) is 0 Å². The van der Waals surface area contributed by atoms with Crippen molar-refractivity contribution in [2.75, 3.05) is 19.0 Å². The Hall–Kier alpha value is -4.52. The summed E-state index contributed by atoms with van der Waals surface area (Å²) in [6, 6.07) is 8.95. The number of nitrogens with one attached hydrogen (secondary N) is 2. The van der Waals surface area contributed by atoms with Crippen molar-refractivity contribution in [1.29, 1.82) is 0 Å². The van der Waals surface area contributed by atoms with Crippen LogP contribution in [0.1, 0.15) is 36.7 Å². The summed E-state index contributed by atoms with van der Waals surface area (Å²) in [7, 11) is 1.06. The zero-order valence-electron chi connectivity index (χ0n) is 23.0. The first kappa shape index (κ1) is 30.4. The van der Waals surface area contributed by atoms with E-state index in [0.717, 1.165) is 19.2 Å². The first-order chi connectivity index (χ1) is 19.7. The van der Waals surface area contributed by atoms with Crippen molar-refractivity contribution in [3.63, 3.8) is 0 Å². The second-order valence-electron chi connectivity index (χ2n) is 10.0. The van der Waals surface area contributed by atoms with Gasteiger partial charge in [-0.3, -0.25) is 0 Å². The van der Waals surface area contributed by atoms with Gasteiger partial charge in [0, 0.05) is 25.0 Å². The molecule has 42 heavy (non-hydrogen) atoms. The zero-order valence-corrected chi connectivity index (χ0v) is 23.8. The number of benzene rings is 2. The molecule has 0 atom stereocenters. The van der Waals surface area contributed by atoms with Crippen molar-refractivity contribution in [1.82, 2.24) is 19.9 Å². The molecule has 222 valence electrons. The maximum absolute atomic E-state index is 13.4. The lowest BCUT2D eigenvalue weighted by molar-refractivity contribution is -0.137. The average Bonchev–Trinajstić information content (AvgIpc) is 3.32. The maximum Gasteiger partial charge on any atom is 0.416 e. The molecule has 14 heteroatoms. The number of amides is 1. The topological polar surface area (TPSA) is 117 Å². The highest BCUT2D eigenvalue weighted by molar-refractivity contribution is 6.32. The highest BCUT2D eigenvalue weighted by atomic mass is 35.5. The number of rotatable bonds is 8. The second-order valence-corrected chi connectivity index (χ2v) is 10.4. The molecule has 4 rings (SSSR count). The van der Waals surface area contributed by atoms with Crippen molar-refractivity contribution in [2.45, 2.75) is 39.1 Å². The average molecular weight is 606 g/mol. The lowest BCUT2D eigenvalue weighted by Gasteiger charge is -2.19. The Balaban J connectivity index is 1.52. The molecule has 4 aromatic rings. The third-order valence-corrected chi connectivity index (χ3v) is 5.94. The molecule has 0 unspecified atom stereocenters. The van der Waals surface area contributed by atoms with Gasteiger partial charge in [-0.1, -0.05) is 11.6 Å². The molecule has 1 amide bonds. The highest BCUT2D eigenvalue weighted by Crippen LogP contribution is 2.37. The van der Waals surface area contributed by atoms with Gasteiger partial charge in [0.1, 0.15) is 28.9 Å². The number of hydrogen-bond donors (Lipinski definition) is 2. The van der Waals surface area contributed by atoms with Crippen molar-refractivity contribution in [3.8, 4) is 11.5 Å². The number of nitrogens with zero attached hydrogens (tertiary/aromatic N) is 3. The lowest BCUT2D eigenvalue weighted by Crippen LogP contribution is -2.34. The van der Waals surface area contributed by atoms with Gasteiger partial charge in [-0.15, -0.1) is 0 Å².